The van der Waals surface area contributed by atoms with E-state index in [1.54, 1.807) is 47.8 Å². The summed E-state index contributed by atoms with van der Waals surface area (Å²) in [5.74, 6) is 5.97. The van der Waals surface area contributed by atoms with Crippen LogP contribution in [-0.4, -0.2) is 38.6 Å². The van der Waals surface area contributed by atoms with Crippen molar-refractivity contribution < 1.29 is 27.5 Å². The van der Waals surface area contributed by atoms with Gasteiger partial charge in [0.2, 0.25) is 0 Å². The highest BCUT2D eigenvalue weighted by Crippen LogP contribution is 2.32. The average Bonchev–Trinajstić information content (AvgIpc) is 3.50. The second-order valence-electron chi connectivity index (χ2n) is 11.7. The van der Waals surface area contributed by atoms with Crippen molar-refractivity contribution in [3.05, 3.63) is 106 Å². The molecule has 0 spiro atoms. The van der Waals surface area contributed by atoms with Crippen molar-refractivity contribution in [2.24, 2.45) is 0 Å². The van der Waals surface area contributed by atoms with Gasteiger partial charge in [0.1, 0.15) is 5.60 Å². The Bertz CT molecular complexity index is 1780. The minimum Gasteiger partial charge on any atom is -0.443 e. The van der Waals surface area contributed by atoms with Gasteiger partial charge in [-0.15, -0.1) is 0 Å². The second-order valence-corrected chi connectivity index (χ2v) is 11.7. The minimum absolute atomic E-state index is 0.224. The van der Waals surface area contributed by atoms with Gasteiger partial charge in [0.25, 0.3) is 0 Å². The smallest absolute Gasteiger partial charge is 0.416 e. The monoisotopic (exact) mass is 600 g/mol. The number of carbonyl (C=O) groups is 2. The number of imidazole rings is 1. The van der Waals surface area contributed by atoms with Crippen LogP contribution < -0.4 is 4.90 Å². The molecule has 4 aromatic rings. The van der Waals surface area contributed by atoms with E-state index < -0.39 is 23.4 Å². The first-order valence-electron chi connectivity index (χ1n) is 14.1. The van der Waals surface area contributed by atoms with Gasteiger partial charge in [0.05, 0.1) is 23.8 Å². The van der Waals surface area contributed by atoms with Crippen molar-refractivity contribution in [1.82, 2.24) is 14.5 Å². The van der Waals surface area contributed by atoms with Gasteiger partial charge in [-0.3, -0.25) is 14.7 Å². The summed E-state index contributed by atoms with van der Waals surface area (Å²) in [6, 6.07) is 8.65. The first-order valence-corrected chi connectivity index (χ1v) is 14.1. The standard InChI is InChI=1S/C34H31F3N4O3/c1-22-7-8-25(31(42)16-23-14-27(34(35,36)37)18-28(15-23)40-13-11-38-21-40)17-24(22)9-10-26-19-39-20-30-29(26)6-5-12-41(30)32(43)44-33(2,3)4/h7-8,11,13-15,17-21H,5-6,12,16H2,1-4H3. The van der Waals surface area contributed by atoms with E-state index >= 15 is 0 Å². The van der Waals surface area contributed by atoms with Gasteiger partial charge in [0.15, 0.2) is 5.78 Å². The van der Waals surface area contributed by atoms with Crippen LogP contribution in [0.4, 0.5) is 23.7 Å². The quantitative estimate of drug-likeness (QED) is 0.184. The molecule has 226 valence electrons. The molecule has 10 heteroatoms. The number of hydrogen-bond acceptors (Lipinski definition) is 5. The number of ether oxygens (including phenoxy) is 1. The third-order valence-electron chi connectivity index (χ3n) is 7.11. The summed E-state index contributed by atoms with van der Waals surface area (Å²) >= 11 is 0. The summed E-state index contributed by atoms with van der Waals surface area (Å²) in [6.07, 6.45) is 3.93. The number of Topliss-reactive ketones (excluding diaryl/α,β-unsaturated/α-hetero) is 1. The lowest BCUT2D eigenvalue weighted by Crippen LogP contribution is -2.40. The number of anilines is 1. The molecule has 3 heterocycles. The van der Waals surface area contributed by atoms with Crippen LogP contribution in [0.25, 0.3) is 5.69 Å². The number of alkyl halides is 3. The average molecular weight is 601 g/mol. The van der Waals surface area contributed by atoms with Crippen molar-refractivity contribution in [2.45, 2.75) is 58.7 Å². The third kappa shape index (κ3) is 7.00. The Balaban J connectivity index is 1.41. The highest BCUT2D eigenvalue weighted by atomic mass is 19.4. The predicted molar refractivity (Wildman–Crippen MR) is 160 cm³/mol. The highest BCUT2D eigenvalue weighted by molar-refractivity contribution is 5.98. The Hall–Kier alpha value is -4.91. The Morgan fingerprint density at radius 2 is 1.77 bits per heavy atom. The zero-order valence-electron chi connectivity index (χ0n) is 24.8. The summed E-state index contributed by atoms with van der Waals surface area (Å²) in [6.45, 7) is 7.82. The number of amides is 1. The lowest BCUT2D eigenvalue weighted by atomic mass is 9.96. The third-order valence-corrected chi connectivity index (χ3v) is 7.11. The Morgan fingerprint density at radius 3 is 2.48 bits per heavy atom. The number of aryl methyl sites for hydroxylation is 1. The number of pyridine rings is 1. The number of rotatable bonds is 4. The number of aromatic nitrogens is 3. The molecule has 0 N–H and O–H groups in total. The first-order chi connectivity index (χ1) is 20.8. The van der Waals surface area contributed by atoms with E-state index in [4.69, 9.17) is 4.74 Å². The normalized spacial score (nSPS) is 13.1. The van der Waals surface area contributed by atoms with Gasteiger partial charge in [-0.2, -0.15) is 13.2 Å². The van der Waals surface area contributed by atoms with E-state index in [9.17, 15) is 22.8 Å². The topological polar surface area (TPSA) is 77.3 Å². The number of fused-ring (bicyclic) bond motifs is 1. The van der Waals surface area contributed by atoms with Gasteiger partial charge in [-0.05, 0) is 81.5 Å². The molecule has 2 aromatic carbocycles. The van der Waals surface area contributed by atoms with E-state index in [-0.39, 0.29) is 23.5 Å². The van der Waals surface area contributed by atoms with Gasteiger partial charge in [-0.1, -0.05) is 24.0 Å². The summed E-state index contributed by atoms with van der Waals surface area (Å²) in [5.41, 5.74) is 3.03. The molecule has 0 fully saturated rings. The predicted octanol–water partition coefficient (Wildman–Crippen LogP) is 7.11. The number of halogens is 3. The fourth-order valence-electron chi connectivity index (χ4n) is 4.97. The van der Waals surface area contributed by atoms with E-state index in [0.29, 0.717) is 28.9 Å². The number of hydrogen-bond donors (Lipinski definition) is 0. The lowest BCUT2D eigenvalue weighted by molar-refractivity contribution is -0.137. The SMILES string of the molecule is Cc1ccc(C(=O)Cc2cc(-n3ccnc3)cc(C(F)(F)F)c2)cc1C#Cc1cncc2c1CCCN2C(=O)OC(C)(C)C. The van der Waals surface area contributed by atoms with Crippen LogP contribution in [0, 0.1) is 18.8 Å². The van der Waals surface area contributed by atoms with Gasteiger partial charge in [-0.25, -0.2) is 9.78 Å². The van der Waals surface area contributed by atoms with Crippen LogP contribution >= 0.6 is 0 Å². The number of nitrogens with zero attached hydrogens (tertiary/aromatic N) is 4. The van der Waals surface area contributed by atoms with Crippen LogP contribution in [0.5, 0.6) is 0 Å². The molecule has 0 radical (unpaired) electrons. The molecule has 0 unspecified atom stereocenters. The Kier molecular flexibility index (Phi) is 8.33. The lowest BCUT2D eigenvalue weighted by Gasteiger charge is -2.31. The molecule has 5 rings (SSSR count). The molecule has 2 aromatic heterocycles. The van der Waals surface area contributed by atoms with E-state index in [0.717, 1.165) is 36.1 Å². The highest BCUT2D eigenvalue weighted by Gasteiger charge is 2.32. The van der Waals surface area contributed by atoms with Crippen LogP contribution in [0.1, 0.15) is 70.9 Å². The van der Waals surface area contributed by atoms with Crippen molar-refractivity contribution in [3.8, 4) is 17.5 Å². The Labute approximate surface area is 253 Å². The van der Waals surface area contributed by atoms with Crippen LogP contribution in [-0.2, 0) is 23.8 Å². The molecule has 0 saturated carbocycles. The molecule has 0 bridgehead atoms. The number of carbonyl (C=O) groups excluding carboxylic acids is 2. The van der Waals surface area contributed by atoms with Crippen molar-refractivity contribution in [1.29, 1.82) is 0 Å². The maximum absolute atomic E-state index is 13.6. The summed E-state index contributed by atoms with van der Waals surface area (Å²) in [7, 11) is 0. The van der Waals surface area contributed by atoms with Crippen molar-refractivity contribution in [3.63, 3.8) is 0 Å². The van der Waals surface area contributed by atoms with E-state index in [1.807, 2.05) is 27.7 Å². The molecule has 44 heavy (non-hydrogen) atoms. The van der Waals surface area contributed by atoms with Gasteiger partial charge < -0.3 is 9.30 Å². The van der Waals surface area contributed by atoms with Crippen LogP contribution in [0.15, 0.2) is 67.5 Å². The molecule has 0 atom stereocenters. The van der Waals surface area contributed by atoms with Crippen LogP contribution in [0.3, 0.4) is 0 Å². The second kappa shape index (κ2) is 12.0. The zero-order chi connectivity index (χ0) is 31.6. The zero-order valence-corrected chi connectivity index (χ0v) is 24.8. The van der Waals surface area contributed by atoms with Crippen LogP contribution in [0.2, 0.25) is 0 Å². The van der Waals surface area contributed by atoms with E-state index in [1.165, 1.54) is 17.1 Å². The molecule has 1 aliphatic heterocycles. The van der Waals surface area contributed by atoms with Crippen molar-refractivity contribution >= 4 is 17.6 Å². The fourth-order valence-corrected chi connectivity index (χ4v) is 4.97. The van der Waals surface area contributed by atoms with Gasteiger partial charge >= 0.3 is 12.3 Å². The molecule has 1 amide bonds. The molecular formula is C34H31F3N4O3. The van der Waals surface area contributed by atoms with Crippen molar-refractivity contribution in [2.75, 3.05) is 11.4 Å². The Morgan fingerprint density at radius 1 is 1.00 bits per heavy atom. The fraction of sp³-hybridized carbons (Fsp3) is 0.294. The maximum Gasteiger partial charge on any atom is 0.416 e. The summed E-state index contributed by atoms with van der Waals surface area (Å²) in [5, 5.41) is 0. The molecule has 0 saturated heterocycles. The largest absolute Gasteiger partial charge is 0.443 e. The molecule has 0 aliphatic carbocycles. The van der Waals surface area contributed by atoms with Gasteiger partial charge in [0, 0.05) is 53.9 Å². The number of benzene rings is 2. The molecule has 7 nitrogen and oxygen atoms in total. The summed E-state index contributed by atoms with van der Waals surface area (Å²) in [4.78, 5) is 35.9. The maximum atomic E-state index is 13.6. The minimum atomic E-state index is -4.57. The van der Waals surface area contributed by atoms with E-state index in [2.05, 4.69) is 21.8 Å². The summed E-state index contributed by atoms with van der Waals surface area (Å²) < 4.78 is 48.0. The first kappa shape index (κ1) is 30.5. The number of ketones is 1. The molecule has 1 aliphatic rings. The molecular weight excluding hydrogens is 569 g/mol.